The lowest BCUT2D eigenvalue weighted by atomic mass is 10.1. The Balaban J connectivity index is 2.56. The average molecular weight is 278 g/mol. The van der Waals surface area contributed by atoms with Crippen LogP contribution in [-0.2, 0) is 10.8 Å². The molecule has 14 heavy (non-hydrogen) atoms. The highest BCUT2D eigenvalue weighted by Gasteiger charge is 2.08. The minimum absolute atomic E-state index is 0.506. The van der Waals surface area contributed by atoms with Crippen LogP contribution in [-0.4, -0.2) is 26.3 Å². The fourth-order valence-electron chi connectivity index (χ4n) is 1.03. The molecule has 0 amide bonds. The monoisotopic (exact) mass is 277 g/mol. The largest absolute Gasteiger partial charge is 0.388 e. The van der Waals surface area contributed by atoms with E-state index < -0.39 is 16.9 Å². The van der Waals surface area contributed by atoms with E-state index in [1.54, 1.807) is 24.6 Å². The highest BCUT2D eigenvalue weighted by Crippen LogP contribution is 2.17. The van der Waals surface area contributed by atoms with Crippen molar-refractivity contribution < 1.29 is 9.32 Å². The number of aliphatic hydroxyl groups is 1. The van der Waals surface area contributed by atoms with Crippen molar-refractivity contribution in [3.05, 3.63) is 28.5 Å². The van der Waals surface area contributed by atoms with Gasteiger partial charge in [0.25, 0.3) is 0 Å². The van der Waals surface area contributed by atoms with E-state index in [-0.39, 0.29) is 0 Å². The molecule has 0 aliphatic rings. The minimum Gasteiger partial charge on any atom is -0.388 e. The Morgan fingerprint density at radius 3 is 2.86 bits per heavy atom. The van der Waals surface area contributed by atoms with Gasteiger partial charge < -0.3 is 5.11 Å². The SMILES string of the molecule is CS(=O)CCC(O)c1ccc(Br)nc1. The van der Waals surface area contributed by atoms with Crippen molar-refractivity contribution in [2.45, 2.75) is 12.5 Å². The molecule has 0 radical (unpaired) electrons. The summed E-state index contributed by atoms with van der Waals surface area (Å²) in [4.78, 5) is 4.01. The molecule has 1 N–H and O–H groups in total. The fourth-order valence-corrected chi connectivity index (χ4v) is 1.82. The van der Waals surface area contributed by atoms with E-state index in [2.05, 4.69) is 20.9 Å². The number of nitrogens with zero attached hydrogens (tertiary/aromatic N) is 1. The predicted octanol–water partition coefficient (Wildman–Crippen LogP) is 1.65. The summed E-state index contributed by atoms with van der Waals surface area (Å²) in [5, 5.41) is 9.67. The number of aromatic nitrogens is 1. The molecule has 3 nitrogen and oxygen atoms in total. The van der Waals surface area contributed by atoms with Crippen molar-refractivity contribution in [3.8, 4) is 0 Å². The van der Waals surface area contributed by atoms with Crippen LogP contribution >= 0.6 is 15.9 Å². The zero-order valence-electron chi connectivity index (χ0n) is 7.81. The summed E-state index contributed by atoms with van der Waals surface area (Å²) in [6.07, 6.45) is 3.19. The molecular weight excluding hydrogens is 266 g/mol. The van der Waals surface area contributed by atoms with E-state index in [9.17, 15) is 9.32 Å². The topological polar surface area (TPSA) is 50.2 Å². The Morgan fingerprint density at radius 1 is 1.64 bits per heavy atom. The highest BCUT2D eigenvalue weighted by molar-refractivity contribution is 9.10. The second-order valence-corrected chi connectivity index (χ2v) is 5.36. The molecule has 78 valence electrons. The van der Waals surface area contributed by atoms with Crippen LogP contribution in [0.5, 0.6) is 0 Å². The summed E-state index contributed by atoms with van der Waals surface area (Å²) >= 11 is 3.22. The van der Waals surface area contributed by atoms with Crippen LogP contribution in [0.15, 0.2) is 22.9 Å². The maximum Gasteiger partial charge on any atom is 0.106 e. The molecular formula is C9H12BrNO2S. The van der Waals surface area contributed by atoms with Crippen molar-refractivity contribution in [3.63, 3.8) is 0 Å². The first-order valence-corrected chi connectivity index (χ1v) is 6.71. The van der Waals surface area contributed by atoms with E-state index in [1.807, 2.05) is 0 Å². The Bertz CT molecular complexity index is 315. The highest BCUT2D eigenvalue weighted by atomic mass is 79.9. The quantitative estimate of drug-likeness (QED) is 0.852. The van der Waals surface area contributed by atoms with Gasteiger partial charge in [0.05, 0.1) is 6.10 Å². The molecule has 1 aromatic rings. The molecule has 0 fully saturated rings. The van der Waals surface area contributed by atoms with Gasteiger partial charge >= 0.3 is 0 Å². The van der Waals surface area contributed by atoms with Gasteiger partial charge in [0.2, 0.25) is 0 Å². The molecule has 0 spiro atoms. The molecule has 0 saturated heterocycles. The van der Waals surface area contributed by atoms with Crippen LogP contribution in [0.1, 0.15) is 18.1 Å². The lowest BCUT2D eigenvalue weighted by molar-refractivity contribution is 0.174. The molecule has 2 unspecified atom stereocenters. The fraction of sp³-hybridized carbons (Fsp3) is 0.444. The zero-order valence-corrected chi connectivity index (χ0v) is 10.2. The van der Waals surface area contributed by atoms with Gasteiger partial charge in [-0.1, -0.05) is 6.07 Å². The lowest BCUT2D eigenvalue weighted by Gasteiger charge is -2.08. The Hall–Kier alpha value is -0.260. The maximum atomic E-state index is 10.8. The number of hydrogen-bond acceptors (Lipinski definition) is 3. The summed E-state index contributed by atoms with van der Waals surface area (Å²) in [5.41, 5.74) is 0.763. The van der Waals surface area contributed by atoms with Crippen LogP contribution in [0.4, 0.5) is 0 Å². The third-order valence-electron chi connectivity index (χ3n) is 1.81. The first-order chi connectivity index (χ1) is 6.59. The molecule has 0 bridgehead atoms. The molecule has 0 aliphatic carbocycles. The van der Waals surface area contributed by atoms with E-state index in [1.165, 1.54) is 0 Å². The molecule has 2 atom stereocenters. The van der Waals surface area contributed by atoms with E-state index in [4.69, 9.17) is 0 Å². The first-order valence-electron chi connectivity index (χ1n) is 4.19. The second-order valence-electron chi connectivity index (χ2n) is 3.00. The molecule has 0 saturated carbocycles. The average Bonchev–Trinajstić information content (AvgIpc) is 2.15. The van der Waals surface area contributed by atoms with Crippen molar-refractivity contribution in [1.82, 2.24) is 4.98 Å². The Morgan fingerprint density at radius 2 is 2.36 bits per heavy atom. The van der Waals surface area contributed by atoms with Gasteiger partial charge in [-0.2, -0.15) is 0 Å². The summed E-state index contributed by atoms with van der Waals surface area (Å²) in [5.74, 6) is 0.511. The van der Waals surface area contributed by atoms with Gasteiger partial charge in [-0.3, -0.25) is 4.21 Å². The van der Waals surface area contributed by atoms with Crippen molar-refractivity contribution in [2.24, 2.45) is 0 Å². The standard InChI is InChI=1S/C9H12BrNO2S/c1-14(13)5-4-8(12)7-2-3-9(10)11-6-7/h2-3,6,8,12H,4-5H2,1H3. The van der Waals surface area contributed by atoms with Crippen molar-refractivity contribution in [1.29, 1.82) is 0 Å². The van der Waals surface area contributed by atoms with E-state index in [0.29, 0.717) is 12.2 Å². The van der Waals surface area contributed by atoms with Crippen LogP contribution < -0.4 is 0 Å². The normalized spacial score (nSPS) is 15.1. The zero-order chi connectivity index (χ0) is 10.6. The summed E-state index contributed by atoms with van der Waals surface area (Å²) < 4.78 is 11.6. The molecule has 5 heteroatoms. The summed E-state index contributed by atoms with van der Waals surface area (Å²) in [7, 11) is -0.854. The molecule has 1 rings (SSSR count). The minimum atomic E-state index is -0.854. The number of aliphatic hydroxyl groups excluding tert-OH is 1. The Kier molecular flexibility index (Phi) is 4.71. The van der Waals surface area contributed by atoms with Gasteiger partial charge in [0, 0.05) is 29.0 Å². The molecule has 1 heterocycles. The summed E-state index contributed by atoms with van der Waals surface area (Å²) in [6, 6.07) is 3.59. The number of pyridine rings is 1. The molecule has 0 aliphatic heterocycles. The van der Waals surface area contributed by atoms with Crippen LogP contribution in [0.2, 0.25) is 0 Å². The van der Waals surface area contributed by atoms with Gasteiger partial charge in [0.1, 0.15) is 4.60 Å². The van der Waals surface area contributed by atoms with Gasteiger partial charge in [-0.05, 0) is 34.0 Å². The number of hydrogen-bond donors (Lipinski definition) is 1. The summed E-state index contributed by atoms with van der Waals surface area (Å²) in [6.45, 7) is 0. The lowest BCUT2D eigenvalue weighted by Crippen LogP contribution is -2.04. The van der Waals surface area contributed by atoms with Crippen molar-refractivity contribution in [2.75, 3.05) is 12.0 Å². The van der Waals surface area contributed by atoms with Gasteiger partial charge in [0.15, 0.2) is 0 Å². The number of halogens is 1. The van der Waals surface area contributed by atoms with Crippen LogP contribution in [0.3, 0.4) is 0 Å². The van der Waals surface area contributed by atoms with Crippen molar-refractivity contribution >= 4 is 26.7 Å². The van der Waals surface area contributed by atoms with E-state index >= 15 is 0 Å². The predicted molar refractivity (Wildman–Crippen MR) is 60.4 cm³/mol. The van der Waals surface area contributed by atoms with Crippen LogP contribution in [0, 0.1) is 0 Å². The third-order valence-corrected chi connectivity index (χ3v) is 3.09. The molecule has 0 aromatic carbocycles. The maximum absolute atomic E-state index is 10.8. The van der Waals surface area contributed by atoms with Gasteiger partial charge in [-0.15, -0.1) is 0 Å². The molecule has 1 aromatic heterocycles. The number of rotatable bonds is 4. The van der Waals surface area contributed by atoms with Crippen LogP contribution in [0.25, 0.3) is 0 Å². The van der Waals surface area contributed by atoms with Gasteiger partial charge in [-0.25, -0.2) is 4.98 Å². The van der Waals surface area contributed by atoms with E-state index in [0.717, 1.165) is 10.2 Å². The Labute approximate surface area is 94.1 Å². The second kappa shape index (κ2) is 5.58. The first kappa shape index (κ1) is 11.8. The third kappa shape index (κ3) is 3.86. The smallest absolute Gasteiger partial charge is 0.106 e.